The number of nitrogens with one attached hydrogen (secondary N) is 3. The molecule has 0 saturated carbocycles. The van der Waals surface area contributed by atoms with Crippen molar-refractivity contribution in [1.29, 1.82) is 5.26 Å². The molecular formula is C24H30N6O2. The lowest BCUT2D eigenvalue weighted by molar-refractivity contribution is -0.140. The van der Waals surface area contributed by atoms with E-state index in [0.29, 0.717) is 18.8 Å². The molecule has 32 heavy (non-hydrogen) atoms. The van der Waals surface area contributed by atoms with E-state index >= 15 is 0 Å². The van der Waals surface area contributed by atoms with Gasteiger partial charge in [-0.2, -0.15) is 5.26 Å². The predicted molar refractivity (Wildman–Crippen MR) is 124 cm³/mol. The van der Waals surface area contributed by atoms with Crippen LogP contribution in [0.1, 0.15) is 37.7 Å². The van der Waals surface area contributed by atoms with E-state index in [1.807, 2.05) is 36.2 Å². The number of rotatable bonds is 6. The van der Waals surface area contributed by atoms with Gasteiger partial charge in [0.2, 0.25) is 11.8 Å². The summed E-state index contributed by atoms with van der Waals surface area (Å²) in [5.74, 6) is 0.407. The zero-order valence-electron chi connectivity index (χ0n) is 18.5. The second-order valence-corrected chi connectivity index (χ2v) is 8.55. The Morgan fingerprint density at radius 1 is 1.25 bits per heavy atom. The molecule has 2 aromatic rings. The van der Waals surface area contributed by atoms with E-state index in [2.05, 4.69) is 21.7 Å². The van der Waals surface area contributed by atoms with Crippen molar-refractivity contribution in [3.63, 3.8) is 0 Å². The maximum Gasteiger partial charge on any atom is 0.245 e. The normalized spacial score (nSPS) is 19.7. The monoisotopic (exact) mass is 434 g/mol. The molecule has 2 aliphatic heterocycles. The molecule has 0 aliphatic carbocycles. The van der Waals surface area contributed by atoms with Crippen molar-refractivity contribution in [2.24, 2.45) is 0 Å². The third kappa shape index (κ3) is 4.72. The van der Waals surface area contributed by atoms with Crippen LogP contribution in [0.15, 0.2) is 36.3 Å². The minimum atomic E-state index is -0.486. The molecule has 0 radical (unpaired) electrons. The van der Waals surface area contributed by atoms with Gasteiger partial charge in [-0.15, -0.1) is 0 Å². The number of hydrogen-bond donors (Lipinski definition) is 3. The number of aryl methyl sites for hydroxylation is 1. The van der Waals surface area contributed by atoms with Crippen molar-refractivity contribution in [2.45, 2.75) is 45.1 Å². The fourth-order valence-corrected chi connectivity index (χ4v) is 4.54. The maximum absolute atomic E-state index is 13.3. The molecule has 0 spiro atoms. The number of hydrogen-bond acceptors (Lipinski definition) is 5. The highest BCUT2D eigenvalue weighted by atomic mass is 16.2. The molecule has 2 saturated heterocycles. The van der Waals surface area contributed by atoms with Gasteiger partial charge in [0.15, 0.2) is 0 Å². The first-order valence-corrected chi connectivity index (χ1v) is 11.3. The number of nitrogens with zero attached hydrogens (tertiary/aromatic N) is 3. The third-order valence-electron chi connectivity index (χ3n) is 6.30. The number of H-pyrrole nitrogens is 1. The van der Waals surface area contributed by atoms with Crippen LogP contribution < -0.4 is 10.6 Å². The van der Waals surface area contributed by atoms with E-state index in [1.165, 1.54) is 6.08 Å². The Kier molecular flexibility index (Phi) is 6.64. The number of aromatic amines is 1. The quantitative estimate of drug-likeness (QED) is 0.607. The van der Waals surface area contributed by atoms with Crippen LogP contribution in [0.4, 0.5) is 5.69 Å². The fraction of sp³-hybridized carbons (Fsp3) is 0.458. The summed E-state index contributed by atoms with van der Waals surface area (Å²) in [6.45, 7) is 4.32. The number of aromatic nitrogens is 1. The summed E-state index contributed by atoms with van der Waals surface area (Å²) < 4.78 is 0. The Morgan fingerprint density at radius 3 is 2.81 bits per heavy atom. The number of likely N-dealkylation sites (tertiary alicyclic amines) is 2. The van der Waals surface area contributed by atoms with Crippen molar-refractivity contribution in [2.75, 3.05) is 31.5 Å². The summed E-state index contributed by atoms with van der Waals surface area (Å²) in [5, 5.41) is 16.9. The Labute approximate surface area is 188 Å². The van der Waals surface area contributed by atoms with Gasteiger partial charge in [-0.3, -0.25) is 9.59 Å². The van der Waals surface area contributed by atoms with Gasteiger partial charge in [0.1, 0.15) is 11.9 Å². The van der Waals surface area contributed by atoms with Gasteiger partial charge in [-0.1, -0.05) is 12.1 Å². The number of amides is 2. The largest absolute Gasteiger partial charge is 0.359 e. The van der Waals surface area contributed by atoms with Crippen LogP contribution in [-0.4, -0.2) is 58.8 Å². The third-order valence-corrected chi connectivity index (χ3v) is 6.30. The SMILES string of the molecule is Cc1c[nH]c2c(N/C(=C\C#N)N[C@H]3CCCCN(CC(=O)N4CCCC4)C3=O)cccc12. The Morgan fingerprint density at radius 2 is 2.03 bits per heavy atom. The molecule has 4 rings (SSSR count). The van der Waals surface area contributed by atoms with Crippen LogP contribution in [0.3, 0.4) is 0 Å². The molecule has 8 nitrogen and oxygen atoms in total. The maximum atomic E-state index is 13.3. The summed E-state index contributed by atoms with van der Waals surface area (Å²) in [6, 6.07) is 7.50. The van der Waals surface area contributed by atoms with Crippen LogP contribution >= 0.6 is 0 Å². The van der Waals surface area contributed by atoms with Gasteiger partial charge in [0.05, 0.1) is 29.9 Å². The number of para-hydroxylation sites is 1. The van der Waals surface area contributed by atoms with E-state index in [4.69, 9.17) is 0 Å². The number of allylic oxidation sites excluding steroid dienone is 1. The van der Waals surface area contributed by atoms with Crippen molar-refractivity contribution >= 4 is 28.4 Å². The van der Waals surface area contributed by atoms with Gasteiger partial charge >= 0.3 is 0 Å². The van der Waals surface area contributed by atoms with Crippen molar-refractivity contribution in [1.82, 2.24) is 20.1 Å². The number of carbonyl (C=O) groups excluding carboxylic acids is 2. The summed E-state index contributed by atoms with van der Waals surface area (Å²) in [5.41, 5.74) is 2.91. The molecule has 0 bridgehead atoms. The number of anilines is 1. The summed E-state index contributed by atoms with van der Waals surface area (Å²) in [7, 11) is 0. The number of fused-ring (bicyclic) bond motifs is 1. The minimum absolute atomic E-state index is 0.0243. The average molecular weight is 435 g/mol. The smallest absolute Gasteiger partial charge is 0.245 e. The van der Waals surface area contributed by atoms with E-state index in [1.54, 1.807) is 4.90 Å². The van der Waals surface area contributed by atoms with Crippen molar-refractivity contribution in [3.8, 4) is 6.07 Å². The highest BCUT2D eigenvalue weighted by Crippen LogP contribution is 2.26. The van der Waals surface area contributed by atoms with Crippen LogP contribution in [0, 0.1) is 18.3 Å². The second kappa shape index (κ2) is 9.77. The lowest BCUT2D eigenvalue weighted by Crippen LogP contribution is -2.49. The number of benzene rings is 1. The number of nitriles is 1. The Balaban J connectivity index is 1.47. The summed E-state index contributed by atoms with van der Waals surface area (Å²) in [6.07, 6.45) is 7.79. The van der Waals surface area contributed by atoms with Crippen molar-refractivity contribution in [3.05, 3.63) is 41.9 Å². The molecule has 1 atom stereocenters. The molecule has 1 aromatic heterocycles. The lowest BCUT2D eigenvalue weighted by Gasteiger charge is -2.27. The first kappa shape index (κ1) is 21.8. The summed E-state index contributed by atoms with van der Waals surface area (Å²) >= 11 is 0. The second-order valence-electron chi connectivity index (χ2n) is 8.55. The van der Waals surface area contributed by atoms with Crippen LogP contribution in [0.5, 0.6) is 0 Å². The van der Waals surface area contributed by atoms with E-state index in [0.717, 1.165) is 60.9 Å². The van der Waals surface area contributed by atoms with Gasteiger partial charge < -0.3 is 25.4 Å². The molecule has 1 aromatic carbocycles. The van der Waals surface area contributed by atoms with Gasteiger partial charge in [0.25, 0.3) is 0 Å². The lowest BCUT2D eigenvalue weighted by atomic mass is 10.1. The Hall–Kier alpha value is -3.47. The zero-order chi connectivity index (χ0) is 22.5. The number of carbonyl (C=O) groups is 2. The highest BCUT2D eigenvalue weighted by molar-refractivity contribution is 5.94. The molecular weight excluding hydrogens is 404 g/mol. The fourth-order valence-electron chi connectivity index (χ4n) is 4.54. The van der Waals surface area contributed by atoms with Crippen LogP contribution in [-0.2, 0) is 9.59 Å². The van der Waals surface area contributed by atoms with Gasteiger partial charge in [-0.25, -0.2) is 0 Å². The van der Waals surface area contributed by atoms with Crippen molar-refractivity contribution < 1.29 is 9.59 Å². The molecule has 3 N–H and O–H groups in total. The molecule has 168 valence electrons. The topological polar surface area (TPSA) is 104 Å². The minimum Gasteiger partial charge on any atom is -0.359 e. The van der Waals surface area contributed by atoms with Gasteiger partial charge in [0, 0.05) is 31.2 Å². The zero-order valence-corrected chi connectivity index (χ0v) is 18.5. The highest BCUT2D eigenvalue weighted by Gasteiger charge is 2.30. The van der Waals surface area contributed by atoms with E-state index in [-0.39, 0.29) is 18.4 Å². The molecule has 2 fully saturated rings. The first-order valence-electron chi connectivity index (χ1n) is 11.3. The standard InChI is InChI=1S/C24H30N6O2/c1-17-15-26-23-18(17)7-6-9-19(23)27-21(10-11-25)28-20-8-2-3-14-30(24(20)32)16-22(31)29-12-4-5-13-29/h6-7,9-10,15,20,26-28H,2-5,8,12-14,16H2,1H3/b21-10+/t20-/m0/s1. The van der Waals surface area contributed by atoms with E-state index in [9.17, 15) is 14.9 Å². The first-order chi connectivity index (χ1) is 15.6. The summed E-state index contributed by atoms with van der Waals surface area (Å²) in [4.78, 5) is 32.6. The molecule has 8 heteroatoms. The van der Waals surface area contributed by atoms with Crippen LogP contribution in [0.25, 0.3) is 10.9 Å². The van der Waals surface area contributed by atoms with E-state index < -0.39 is 6.04 Å². The van der Waals surface area contributed by atoms with Crippen LogP contribution in [0.2, 0.25) is 0 Å². The van der Waals surface area contributed by atoms with Gasteiger partial charge in [-0.05, 0) is 50.7 Å². The Bertz CT molecular complexity index is 1060. The predicted octanol–water partition coefficient (Wildman–Crippen LogP) is 2.85. The molecule has 2 aliphatic rings. The average Bonchev–Trinajstić information content (AvgIpc) is 3.42. The molecule has 0 unspecified atom stereocenters. The molecule has 3 heterocycles. The molecule has 2 amide bonds.